The van der Waals surface area contributed by atoms with Gasteiger partial charge in [0.25, 0.3) is 0 Å². The van der Waals surface area contributed by atoms with Crippen molar-refractivity contribution in [1.29, 1.82) is 5.26 Å². The Morgan fingerprint density at radius 1 is 1.75 bits per heavy atom. The molecular formula is C5H6N2O. The van der Waals surface area contributed by atoms with Gasteiger partial charge in [0.2, 0.25) is 0 Å². The van der Waals surface area contributed by atoms with Gasteiger partial charge in [-0.2, -0.15) is 5.26 Å². The number of nitriles is 1. The summed E-state index contributed by atoms with van der Waals surface area (Å²) in [6.45, 7) is 0. The van der Waals surface area contributed by atoms with Crippen molar-refractivity contribution in [2.75, 3.05) is 0 Å². The summed E-state index contributed by atoms with van der Waals surface area (Å²) in [5, 5.41) is 16.5. The van der Waals surface area contributed by atoms with Gasteiger partial charge in [0.15, 0.2) is 6.10 Å². The van der Waals surface area contributed by atoms with E-state index in [-0.39, 0.29) is 0 Å². The molecule has 0 aliphatic carbocycles. The topological polar surface area (TPSA) is 70.0 Å². The zero-order valence-electron chi connectivity index (χ0n) is 4.20. The molecule has 0 aromatic heterocycles. The molecule has 0 amide bonds. The number of nitrogens with two attached hydrogens (primary N) is 1. The molecule has 0 aromatic rings. The van der Waals surface area contributed by atoms with Crippen molar-refractivity contribution in [1.82, 2.24) is 0 Å². The van der Waals surface area contributed by atoms with Crippen molar-refractivity contribution >= 4 is 0 Å². The monoisotopic (exact) mass is 110 g/mol. The third kappa shape index (κ3) is 1.61. The van der Waals surface area contributed by atoms with Gasteiger partial charge in [-0.25, -0.2) is 0 Å². The van der Waals surface area contributed by atoms with Crippen LogP contribution in [0.3, 0.4) is 0 Å². The van der Waals surface area contributed by atoms with E-state index in [9.17, 15) is 0 Å². The molecule has 8 heavy (non-hydrogen) atoms. The molecule has 0 saturated heterocycles. The molecule has 3 nitrogen and oxygen atoms in total. The van der Waals surface area contributed by atoms with Crippen LogP contribution in [0.25, 0.3) is 0 Å². The van der Waals surface area contributed by atoms with Crippen LogP contribution in [-0.4, -0.2) is 17.3 Å². The lowest BCUT2D eigenvalue weighted by Crippen LogP contribution is -2.31. The fourth-order valence-corrected chi connectivity index (χ4v) is 0.171. The molecule has 0 heterocycles. The Morgan fingerprint density at radius 2 is 2.25 bits per heavy atom. The van der Waals surface area contributed by atoms with Gasteiger partial charge >= 0.3 is 0 Å². The predicted octanol–water partition coefficient (Wildman–Crippen LogP) is -1.17. The maximum absolute atomic E-state index is 8.50. The highest BCUT2D eigenvalue weighted by atomic mass is 16.3. The number of hydrogen-bond donors (Lipinski definition) is 2. The summed E-state index contributed by atoms with van der Waals surface area (Å²) in [4.78, 5) is 0. The van der Waals surface area contributed by atoms with E-state index in [2.05, 4.69) is 0 Å². The Labute approximate surface area is 47.7 Å². The number of aliphatic hydroxyl groups is 1. The van der Waals surface area contributed by atoms with Crippen molar-refractivity contribution in [3.05, 3.63) is 0 Å². The molecule has 0 aliphatic heterocycles. The second-order valence-corrected chi connectivity index (χ2v) is 1.27. The van der Waals surface area contributed by atoms with E-state index in [1.165, 1.54) is 6.07 Å². The molecule has 3 heteroatoms. The Kier molecular flexibility index (Phi) is 2.64. The lowest BCUT2D eigenvalue weighted by Gasteiger charge is -2.01. The van der Waals surface area contributed by atoms with E-state index in [1.807, 2.05) is 5.92 Å². The summed E-state index contributed by atoms with van der Waals surface area (Å²) in [6.07, 6.45) is 3.53. The van der Waals surface area contributed by atoms with E-state index >= 15 is 0 Å². The quantitative estimate of drug-likeness (QED) is 0.330. The molecule has 0 spiro atoms. The lowest BCUT2D eigenvalue weighted by atomic mass is 10.2. The molecule has 42 valence electrons. The van der Waals surface area contributed by atoms with Crippen molar-refractivity contribution < 1.29 is 5.11 Å². The van der Waals surface area contributed by atoms with E-state index < -0.39 is 12.1 Å². The van der Waals surface area contributed by atoms with Gasteiger partial charge in [0.1, 0.15) is 6.04 Å². The van der Waals surface area contributed by atoms with Gasteiger partial charge in [-0.3, -0.25) is 0 Å². The predicted molar refractivity (Wildman–Crippen MR) is 28.4 cm³/mol. The van der Waals surface area contributed by atoms with Gasteiger partial charge in [-0.15, -0.1) is 6.42 Å². The average Bonchev–Trinajstić information content (AvgIpc) is 1.84. The maximum Gasteiger partial charge on any atom is 0.166 e. The van der Waals surface area contributed by atoms with Crippen LogP contribution < -0.4 is 5.73 Å². The van der Waals surface area contributed by atoms with E-state index in [4.69, 9.17) is 22.5 Å². The summed E-state index contributed by atoms with van der Waals surface area (Å²) < 4.78 is 0. The molecule has 0 aromatic carbocycles. The molecule has 0 aliphatic rings. The first kappa shape index (κ1) is 6.97. The lowest BCUT2D eigenvalue weighted by molar-refractivity contribution is 0.218. The molecule has 0 bridgehead atoms. The first-order chi connectivity index (χ1) is 3.72. The van der Waals surface area contributed by atoms with Gasteiger partial charge < -0.3 is 10.8 Å². The van der Waals surface area contributed by atoms with E-state index in [1.54, 1.807) is 0 Å². The summed E-state index contributed by atoms with van der Waals surface area (Å²) >= 11 is 0. The van der Waals surface area contributed by atoms with Crippen LogP contribution in [-0.2, 0) is 0 Å². The van der Waals surface area contributed by atoms with E-state index in [0.717, 1.165) is 0 Å². The second kappa shape index (κ2) is 3.04. The SMILES string of the molecule is C#C[C@H](N)C(O)C#N. The fraction of sp³-hybridized carbons (Fsp3) is 0.400. The van der Waals surface area contributed by atoms with Crippen molar-refractivity contribution in [3.63, 3.8) is 0 Å². The van der Waals surface area contributed by atoms with Crippen LogP contribution >= 0.6 is 0 Å². The minimum atomic E-state index is -1.24. The Hall–Kier alpha value is -1.03. The van der Waals surface area contributed by atoms with Gasteiger partial charge in [-0.05, 0) is 0 Å². The van der Waals surface area contributed by atoms with Gasteiger partial charge in [0, 0.05) is 0 Å². The third-order valence-electron chi connectivity index (χ3n) is 0.665. The van der Waals surface area contributed by atoms with Crippen LogP contribution in [0.4, 0.5) is 0 Å². The molecule has 0 fully saturated rings. The van der Waals surface area contributed by atoms with Crippen LogP contribution in [0.1, 0.15) is 0 Å². The Balaban J connectivity index is 3.72. The molecule has 0 saturated carbocycles. The van der Waals surface area contributed by atoms with Crippen LogP contribution in [0, 0.1) is 23.7 Å². The molecule has 3 N–H and O–H groups in total. The molecule has 2 atom stereocenters. The number of hydrogen-bond acceptors (Lipinski definition) is 3. The smallest absolute Gasteiger partial charge is 0.166 e. The van der Waals surface area contributed by atoms with Crippen molar-refractivity contribution in [2.45, 2.75) is 12.1 Å². The molecular weight excluding hydrogens is 104 g/mol. The number of nitrogens with zero attached hydrogens (tertiary/aromatic N) is 1. The minimum Gasteiger partial charge on any atom is -0.375 e. The normalized spacial score (nSPS) is 15.5. The average molecular weight is 110 g/mol. The Morgan fingerprint density at radius 3 is 2.38 bits per heavy atom. The number of rotatable bonds is 1. The van der Waals surface area contributed by atoms with Crippen LogP contribution in [0.15, 0.2) is 0 Å². The summed E-state index contributed by atoms with van der Waals surface area (Å²) in [7, 11) is 0. The minimum absolute atomic E-state index is 0.861. The largest absolute Gasteiger partial charge is 0.375 e. The highest BCUT2D eigenvalue weighted by Crippen LogP contribution is 1.82. The molecule has 0 rings (SSSR count). The third-order valence-corrected chi connectivity index (χ3v) is 0.665. The molecule has 1 unspecified atom stereocenters. The van der Waals surface area contributed by atoms with E-state index in [0.29, 0.717) is 0 Å². The Bertz CT molecular complexity index is 123. The zero-order valence-corrected chi connectivity index (χ0v) is 4.20. The zero-order chi connectivity index (χ0) is 6.57. The van der Waals surface area contributed by atoms with Gasteiger partial charge in [-0.1, -0.05) is 5.92 Å². The van der Waals surface area contributed by atoms with Crippen LogP contribution in [0.5, 0.6) is 0 Å². The maximum atomic E-state index is 8.50. The standard InChI is InChI=1S/C5H6N2O/c1-2-4(7)5(8)3-6/h1,4-5,8H,7H2/t4-,5?/m0/s1. The first-order valence-electron chi connectivity index (χ1n) is 2.01. The van der Waals surface area contributed by atoms with Crippen molar-refractivity contribution in [2.24, 2.45) is 5.73 Å². The second-order valence-electron chi connectivity index (χ2n) is 1.27. The van der Waals surface area contributed by atoms with Crippen molar-refractivity contribution in [3.8, 4) is 18.4 Å². The first-order valence-corrected chi connectivity index (χ1v) is 2.01. The summed E-state index contributed by atoms with van der Waals surface area (Å²) in [5.74, 6) is 2.02. The highest BCUT2D eigenvalue weighted by Gasteiger charge is 2.08. The van der Waals surface area contributed by atoms with Gasteiger partial charge in [0.05, 0.1) is 6.07 Å². The number of terminal acetylenes is 1. The number of aliphatic hydroxyl groups excluding tert-OH is 1. The van der Waals surface area contributed by atoms with Crippen LogP contribution in [0.2, 0.25) is 0 Å². The summed E-state index contributed by atoms with van der Waals surface area (Å²) in [5.41, 5.74) is 5.02. The molecule has 0 radical (unpaired) electrons. The fourth-order valence-electron chi connectivity index (χ4n) is 0.171. The highest BCUT2D eigenvalue weighted by molar-refractivity contribution is 5.07. The summed E-state index contributed by atoms with van der Waals surface area (Å²) in [6, 6.07) is 0.643.